The predicted octanol–water partition coefficient (Wildman–Crippen LogP) is 2.00. The van der Waals surface area contributed by atoms with Crippen LogP contribution < -0.4 is 5.43 Å². The third kappa shape index (κ3) is 4.78. The number of nitrogens with one attached hydrogen (secondary N) is 1. The number of nitrogens with zero attached hydrogens (tertiary/aromatic N) is 1. The van der Waals surface area contributed by atoms with Crippen molar-refractivity contribution in [2.24, 2.45) is 5.10 Å². The molecule has 1 aromatic carbocycles. The average Bonchev–Trinajstić information content (AvgIpc) is 2.35. The zero-order valence-electron chi connectivity index (χ0n) is 10.5. The van der Waals surface area contributed by atoms with Crippen LogP contribution in [0.3, 0.4) is 0 Å². The molecule has 96 valence electrons. The number of anilines is 1. The minimum atomic E-state index is -0.457. The second-order valence-corrected chi connectivity index (χ2v) is 3.57. The van der Waals surface area contributed by atoms with Gasteiger partial charge in [-0.1, -0.05) is 18.2 Å². The Morgan fingerprint density at radius 2 is 1.94 bits per heavy atom. The van der Waals surface area contributed by atoms with E-state index in [9.17, 15) is 9.59 Å². The van der Waals surface area contributed by atoms with Gasteiger partial charge in [-0.3, -0.25) is 15.0 Å². The molecule has 0 aliphatic heterocycles. The number of hydrogen-bond acceptors (Lipinski definition) is 5. The summed E-state index contributed by atoms with van der Waals surface area (Å²) in [7, 11) is 0. The van der Waals surface area contributed by atoms with E-state index in [1.54, 1.807) is 6.92 Å². The highest BCUT2D eigenvalue weighted by atomic mass is 16.5. The number of ketones is 1. The molecule has 0 fully saturated rings. The van der Waals surface area contributed by atoms with Crippen LogP contribution in [0.25, 0.3) is 0 Å². The fraction of sp³-hybridized carbons (Fsp3) is 0.308. The van der Waals surface area contributed by atoms with Gasteiger partial charge in [-0.15, -0.1) is 0 Å². The monoisotopic (exact) mass is 248 g/mol. The van der Waals surface area contributed by atoms with Gasteiger partial charge in [0.2, 0.25) is 0 Å². The lowest BCUT2D eigenvalue weighted by Crippen LogP contribution is -2.18. The van der Waals surface area contributed by atoms with Crippen molar-refractivity contribution in [3.8, 4) is 0 Å². The van der Waals surface area contributed by atoms with Crippen molar-refractivity contribution in [3.05, 3.63) is 30.3 Å². The van der Waals surface area contributed by atoms with Crippen LogP contribution in [-0.4, -0.2) is 24.1 Å². The van der Waals surface area contributed by atoms with Crippen molar-refractivity contribution in [2.75, 3.05) is 12.0 Å². The lowest BCUT2D eigenvalue weighted by molar-refractivity contribution is -0.141. The molecule has 0 unspecified atom stereocenters. The molecule has 0 aliphatic rings. The van der Waals surface area contributed by atoms with Crippen molar-refractivity contribution < 1.29 is 14.3 Å². The zero-order valence-corrected chi connectivity index (χ0v) is 10.5. The van der Waals surface area contributed by atoms with E-state index in [-0.39, 0.29) is 24.5 Å². The number of ether oxygens (including phenoxy) is 1. The molecule has 0 spiro atoms. The van der Waals surface area contributed by atoms with Gasteiger partial charge in [0.1, 0.15) is 5.71 Å². The number of carbonyl (C=O) groups excluding carboxylic acids is 2. The number of hydrazone groups is 1. The van der Waals surface area contributed by atoms with Crippen LogP contribution in [0.2, 0.25) is 0 Å². The topological polar surface area (TPSA) is 67.8 Å². The Morgan fingerprint density at radius 1 is 1.28 bits per heavy atom. The maximum Gasteiger partial charge on any atom is 0.312 e. The second-order valence-electron chi connectivity index (χ2n) is 3.57. The van der Waals surface area contributed by atoms with Crippen molar-refractivity contribution in [1.29, 1.82) is 0 Å². The first kappa shape index (κ1) is 13.9. The molecule has 0 bridgehead atoms. The number of esters is 1. The summed E-state index contributed by atoms with van der Waals surface area (Å²) in [6.07, 6.45) is -0.122. The Labute approximate surface area is 106 Å². The van der Waals surface area contributed by atoms with E-state index in [0.29, 0.717) is 0 Å². The normalized spacial score (nSPS) is 10.9. The second kappa shape index (κ2) is 7.21. The first-order valence-corrected chi connectivity index (χ1v) is 5.67. The molecule has 5 heteroatoms. The SMILES string of the molecule is CCOC(=O)C/C(=N/Nc1ccccc1)C(C)=O. The van der Waals surface area contributed by atoms with Crippen molar-refractivity contribution in [3.63, 3.8) is 0 Å². The summed E-state index contributed by atoms with van der Waals surface area (Å²) in [6, 6.07) is 9.18. The highest BCUT2D eigenvalue weighted by Crippen LogP contribution is 2.05. The Bertz CT molecular complexity index is 441. The summed E-state index contributed by atoms with van der Waals surface area (Å²) in [4.78, 5) is 22.6. The molecular formula is C13H16N2O3. The predicted molar refractivity (Wildman–Crippen MR) is 69.4 cm³/mol. The van der Waals surface area contributed by atoms with Crippen LogP contribution in [-0.2, 0) is 14.3 Å². The molecule has 0 atom stereocenters. The number of Topliss-reactive ketones (excluding diaryl/α,β-unsaturated/α-hetero) is 1. The number of rotatable bonds is 6. The first-order valence-electron chi connectivity index (χ1n) is 5.67. The van der Waals surface area contributed by atoms with Gasteiger partial charge >= 0.3 is 5.97 Å². The molecule has 1 aromatic rings. The molecule has 18 heavy (non-hydrogen) atoms. The van der Waals surface area contributed by atoms with E-state index in [1.165, 1.54) is 6.92 Å². The van der Waals surface area contributed by atoms with Crippen LogP contribution in [0.1, 0.15) is 20.3 Å². The first-order chi connectivity index (χ1) is 8.63. The van der Waals surface area contributed by atoms with E-state index in [4.69, 9.17) is 4.74 Å². The zero-order chi connectivity index (χ0) is 13.4. The fourth-order valence-electron chi connectivity index (χ4n) is 1.24. The average molecular weight is 248 g/mol. The Kier molecular flexibility index (Phi) is 5.57. The van der Waals surface area contributed by atoms with Gasteiger partial charge in [-0.2, -0.15) is 5.10 Å². The molecule has 0 saturated heterocycles. The third-order valence-corrected chi connectivity index (χ3v) is 2.12. The molecular weight excluding hydrogens is 232 g/mol. The van der Waals surface area contributed by atoms with Crippen LogP contribution in [0.15, 0.2) is 35.4 Å². The summed E-state index contributed by atoms with van der Waals surface area (Å²) < 4.78 is 4.77. The molecule has 1 rings (SSSR count). The number of carbonyl (C=O) groups is 2. The molecule has 1 N–H and O–H groups in total. The maximum atomic E-state index is 11.3. The minimum absolute atomic E-state index is 0.122. The van der Waals surface area contributed by atoms with Gasteiger partial charge in [0.05, 0.1) is 18.7 Å². The van der Waals surface area contributed by atoms with Gasteiger partial charge in [0.25, 0.3) is 0 Å². The molecule has 0 heterocycles. The summed E-state index contributed by atoms with van der Waals surface area (Å²) in [5.41, 5.74) is 3.63. The summed E-state index contributed by atoms with van der Waals surface area (Å²) in [5.74, 6) is -0.715. The minimum Gasteiger partial charge on any atom is -0.466 e. The summed E-state index contributed by atoms with van der Waals surface area (Å²) in [5, 5.41) is 3.93. The standard InChI is InChI=1S/C13H16N2O3/c1-3-18-13(17)9-12(10(2)16)15-14-11-7-5-4-6-8-11/h4-8,14H,3,9H2,1-2H3/b15-12-. The molecule has 5 nitrogen and oxygen atoms in total. The van der Waals surface area contributed by atoms with Gasteiger partial charge in [-0.05, 0) is 19.1 Å². The van der Waals surface area contributed by atoms with Gasteiger partial charge < -0.3 is 4.74 Å². The van der Waals surface area contributed by atoms with E-state index >= 15 is 0 Å². The smallest absolute Gasteiger partial charge is 0.312 e. The quantitative estimate of drug-likeness (QED) is 0.475. The number of para-hydroxylation sites is 1. The summed E-state index contributed by atoms with van der Waals surface area (Å²) >= 11 is 0. The Morgan fingerprint density at radius 3 is 2.50 bits per heavy atom. The molecule has 0 amide bonds. The summed E-state index contributed by atoms with van der Waals surface area (Å²) in [6.45, 7) is 3.37. The lowest BCUT2D eigenvalue weighted by Gasteiger charge is -2.04. The van der Waals surface area contributed by atoms with Crippen LogP contribution in [0.4, 0.5) is 5.69 Å². The van der Waals surface area contributed by atoms with Gasteiger partial charge in [0, 0.05) is 6.92 Å². The number of hydrogen-bond donors (Lipinski definition) is 1. The Hall–Kier alpha value is -2.17. The molecule has 0 saturated carbocycles. The van der Waals surface area contributed by atoms with Gasteiger partial charge in [0.15, 0.2) is 5.78 Å². The highest BCUT2D eigenvalue weighted by molar-refractivity contribution is 6.41. The van der Waals surface area contributed by atoms with Crippen LogP contribution in [0.5, 0.6) is 0 Å². The van der Waals surface area contributed by atoms with E-state index in [1.807, 2.05) is 30.3 Å². The van der Waals surface area contributed by atoms with Crippen LogP contribution >= 0.6 is 0 Å². The van der Waals surface area contributed by atoms with Crippen molar-refractivity contribution in [1.82, 2.24) is 0 Å². The molecule has 0 aromatic heterocycles. The van der Waals surface area contributed by atoms with Crippen molar-refractivity contribution >= 4 is 23.2 Å². The number of benzene rings is 1. The van der Waals surface area contributed by atoms with E-state index in [2.05, 4.69) is 10.5 Å². The van der Waals surface area contributed by atoms with Gasteiger partial charge in [-0.25, -0.2) is 0 Å². The largest absolute Gasteiger partial charge is 0.466 e. The fourth-order valence-corrected chi connectivity index (χ4v) is 1.24. The Balaban J connectivity index is 2.67. The van der Waals surface area contributed by atoms with E-state index < -0.39 is 5.97 Å². The highest BCUT2D eigenvalue weighted by Gasteiger charge is 2.12. The maximum absolute atomic E-state index is 11.3. The third-order valence-electron chi connectivity index (χ3n) is 2.12. The van der Waals surface area contributed by atoms with Crippen molar-refractivity contribution in [2.45, 2.75) is 20.3 Å². The van der Waals surface area contributed by atoms with E-state index in [0.717, 1.165) is 5.69 Å². The van der Waals surface area contributed by atoms with Crippen LogP contribution in [0, 0.1) is 0 Å². The lowest BCUT2D eigenvalue weighted by atomic mass is 10.2. The molecule has 0 aliphatic carbocycles. The molecule has 0 radical (unpaired) electrons.